The second-order valence-corrected chi connectivity index (χ2v) is 21.4. The number of hydrogen-bond donors (Lipinski definition) is 3. The van der Waals surface area contributed by atoms with Crippen molar-refractivity contribution in [3.8, 4) is 0 Å². The summed E-state index contributed by atoms with van der Waals surface area (Å²) in [5.41, 5.74) is 0. The Kier molecular flexibility index (Phi) is 56.5. The van der Waals surface area contributed by atoms with Crippen LogP contribution >= 0.6 is 0 Å². The van der Waals surface area contributed by atoms with Gasteiger partial charge in [0.2, 0.25) is 5.91 Å². The second kappa shape index (κ2) is 57.4. The Morgan fingerprint density at radius 2 is 0.612 bits per heavy atom. The third-order valence-corrected chi connectivity index (χ3v) is 14.7. The van der Waals surface area contributed by atoms with Crippen LogP contribution in [0.15, 0.2) is 0 Å². The van der Waals surface area contributed by atoms with Crippen LogP contribution in [0.3, 0.4) is 0 Å². The highest BCUT2D eigenvalue weighted by Gasteiger charge is 2.20. The number of aliphatic hydroxyl groups is 2. The molecule has 0 aliphatic rings. The van der Waals surface area contributed by atoms with E-state index in [1.54, 1.807) is 0 Å². The van der Waals surface area contributed by atoms with E-state index in [4.69, 9.17) is 4.74 Å². The van der Waals surface area contributed by atoms with Crippen molar-refractivity contribution in [1.82, 2.24) is 5.32 Å². The topological polar surface area (TPSA) is 95.9 Å². The largest absolute Gasteiger partial charge is 0.466 e. The summed E-state index contributed by atoms with van der Waals surface area (Å²) in [6, 6.07) is -0.539. The van der Waals surface area contributed by atoms with Crippen LogP contribution in [-0.4, -0.2) is 47.4 Å². The van der Waals surface area contributed by atoms with Crippen molar-refractivity contribution < 1.29 is 24.5 Å². The first kappa shape index (κ1) is 65.9. The number of amides is 1. The van der Waals surface area contributed by atoms with Gasteiger partial charge in [-0.05, 0) is 25.7 Å². The van der Waals surface area contributed by atoms with Crippen molar-refractivity contribution in [3.63, 3.8) is 0 Å². The standard InChI is InChI=1S/C61H121NO5/c1-3-5-7-9-11-13-15-16-17-18-25-28-31-35-39-43-47-51-55-61(66)67-56-52-48-44-40-36-32-29-26-23-21-19-20-22-24-27-30-34-38-42-46-50-54-60(65)62-58(57-63)59(64)53-49-45-41-37-33-14-12-10-8-6-4-2/h58-59,63-64H,3-57H2,1-2H3,(H,62,65). The van der Waals surface area contributed by atoms with Gasteiger partial charge in [-0.1, -0.05) is 316 Å². The average Bonchev–Trinajstić information content (AvgIpc) is 3.33. The molecule has 0 bridgehead atoms. The van der Waals surface area contributed by atoms with E-state index in [2.05, 4.69) is 19.2 Å². The zero-order chi connectivity index (χ0) is 48.6. The van der Waals surface area contributed by atoms with Gasteiger partial charge in [0, 0.05) is 12.8 Å². The maximum atomic E-state index is 12.4. The number of aliphatic hydroxyl groups excluding tert-OH is 2. The van der Waals surface area contributed by atoms with Crippen LogP contribution in [-0.2, 0) is 14.3 Å². The SMILES string of the molecule is CCCCCCCCCCCCCCCCCCCCC(=O)OCCCCCCCCCCCCCCCCCCCCCCCC(=O)NC(CO)C(O)CCCCCCCCCCCCC. The predicted molar refractivity (Wildman–Crippen MR) is 292 cm³/mol. The molecule has 0 aliphatic carbocycles. The van der Waals surface area contributed by atoms with Crippen LogP contribution < -0.4 is 5.32 Å². The van der Waals surface area contributed by atoms with Gasteiger partial charge < -0.3 is 20.3 Å². The third kappa shape index (κ3) is 54.0. The maximum absolute atomic E-state index is 12.4. The van der Waals surface area contributed by atoms with E-state index in [1.807, 2.05) is 0 Å². The summed E-state index contributed by atoms with van der Waals surface area (Å²) in [5.74, 6) is -0.0176. The fraction of sp³-hybridized carbons (Fsp3) is 0.967. The van der Waals surface area contributed by atoms with Gasteiger partial charge in [0.05, 0.1) is 25.4 Å². The quantitative estimate of drug-likeness (QED) is 0.0417. The zero-order valence-electron chi connectivity index (χ0n) is 45.7. The molecule has 6 nitrogen and oxygen atoms in total. The van der Waals surface area contributed by atoms with Crippen LogP contribution in [0.4, 0.5) is 0 Å². The Morgan fingerprint density at radius 3 is 0.910 bits per heavy atom. The molecule has 0 rings (SSSR count). The zero-order valence-corrected chi connectivity index (χ0v) is 45.7. The van der Waals surface area contributed by atoms with Crippen LogP contribution in [0.2, 0.25) is 0 Å². The van der Waals surface area contributed by atoms with E-state index in [9.17, 15) is 19.8 Å². The van der Waals surface area contributed by atoms with Crippen LogP contribution in [0.25, 0.3) is 0 Å². The lowest BCUT2D eigenvalue weighted by molar-refractivity contribution is -0.143. The fourth-order valence-corrected chi connectivity index (χ4v) is 9.94. The molecule has 1 amide bonds. The summed E-state index contributed by atoms with van der Waals surface area (Å²) in [6.07, 6.45) is 66.9. The van der Waals surface area contributed by atoms with Crippen molar-refractivity contribution in [2.45, 2.75) is 366 Å². The molecule has 0 heterocycles. The van der Waals surface area contributed by atoms with Crippen LogP contribution in [0.1, 0.15) is 354 Å². The molecule has 6 heteroatoms. The van der Waals surface area contributed by atoms with Crippen LogP contribution in [0, 0.1) is 0 Å². The lowest BCUT2D eigenvalue weighted by Gasteiger charge is -2.22. The molecule has 3 N–H and O–H groups in total. The Bertz CT molecular complexity index is 959. The van der Waals surface area contributed by atoms with Gasteiger partial charge in [0.1, 0.15) is 0 Å². The van der Waals surface area contributed by atoms with Crippen molar-refractivity contribution in [1.29, 1.82) is 0 Å². The van der Waals surface area contributed by atoms with Gasteiger partial charge in [0.15, 0.2) is 0 Å². The van der Waals surface area contributed by atoms with E-state index in [1.165, 1.54) is 283 Å². The lowest BCUT2D eigenvalue weighted by Crippen LogP contribution is -2.45. The lowest BCUT2D eigenvalue weighted by atomic mass is 10.0. The first-order valence-corrected chi connectivity index (χ1v) is 30.8. The molecule has 0 saturated heterocycles. The highest BCUT2D eigenvalue weighted by molar-refractivity contribution is 5.76. The molecule has 0 radical (unpaired) electrons. The number of hydrogen-bond acceptors (Lipinski definition) is 5. The van der Waals surface area contributed by atoms with Crippen molar-refractivity contribution >= 4 is 11.9 Å². The molecule has 400 valence electrons. The summed E-state index contributed by atoms with van der Waals surface area (Å²) in [4.78, 5) is 24.5. The van der Waals surface area contributed by atoms with Crippen molar-refractivity contribution in [2.24, 2.45) is 0 Å². The minimum absolute atomic E-state index is 0.0173. The molecular formula is C61H121NO5. The van der Waals surface area contributed by atoms with E-state index in [0.717, 1.165) is 38.5 Å². The molecule has 0 saturated carbocycles. The molecule has 67 heavy (non-hydrogen) atoms. The number of carbonyl (C=O) groups is 2. The molecule has 0 aromatic rings. The molecule has 2 unspecified atom stereocenters. The summed E-state index contributed by atoms with van der Waals surface area (Å²) >= 11 is 0. The van der Waals surface area contributed by atoms with Gasteiger partial charge in [-0.3, -0.25) is 9.59 Å². The first-order valence-electron chi connectivity index (χ1n) is 30.8. The van der Waals surface area contributed by atoms with Crippen molar-refractivity contribution in [2.75, 3.05) is 13.2 Å². The fourth-order valence-electron chi connectivity index (χ4n) is 9.94. The van der Waals surface area contributed by atoms with E-state index in [-0.39, 0.29) is 18.5 Å². The van der Waals surface area contributed by atoms with E-state index < -0.39 is 12.1 Å². The number of nitrogens with one attached hydrogen (secondary N) is 1. The summed E-state index contributed by atoms with van der Waals surface area (Å²) in [6.45, 7) is 4.97. The third-order valence-electron chi connectivity index (χ3n) is 14.7. The Balaban J connectivity index is 3.33. The Morgan fingerprint density at radius 1 is 0.358 bits per heavy atom. The normalized spacial score (nSPS) is 12.5. The number of carbonyl (C=O) groups excluding carboxylic acids is 2. The smallest absolute Gasteiger partial charge is 0.305 e. The van der Waals surface area contributed by atoms with Gasteiger partial charge >= 0.3 is 5.97 Å². The number of unbranched alkanes of at least 4 members (excludes halogenated alkanes) is 47. The van der Waals surface area contributed by atoms with Gasteiger partial charge in [0.25, 0.3) is 0 Å². The number of ether oxygens (including phenoxy) is 1. The molecule has 0 aromatic carbocycles. The maximum Gasteiger partial charge on any atom is 0.305 e. The summed E-state index contributed by atoms with van der Waals surface area (Å²) < 4.78 is 5.50. The monoisotopic (exact) mass is 948 g/mol. The minimum atomic E-state index is -0.662. The van der Waals surface area contributed by atoms with Crippen molar-refractivity contribution in [3.05, 3.63) is 0 Å². The van der Waals surface area contributed by atoms with Gasteiger partial charge in [-0.25, -0.2) is 0 Å². The van der Waals surface area contributed by atoms with Crippen LogP contribution in [0.5, 0.6) is 0 Å². The minimum Gasteiger partial charge on any atom is -0.466 e. The molecule has 0 spiro atoms. The Hall–Kier alpha value is -1.14. The average molecular weight is 949 g/mol. The molecule has 0 aromatic heterocycles. The summed E-state index contributed by atoms with van der Waals surface area (Å²) in [7, 11) is 0. The van der Waals surface area contributed by atoms with E-state index in [0.29, 0.717) is 25.9 Å². The molecule has 2 atom stereocenters. The highest BCUT2D eigenvalue weighted by Crippen LogP contribution is 2.18. The van der Waals surface area contributed by atoms with Gasteiger partial charge in [-0.2, -0.15) is 0 Å². The molecule has 0 fully saturated rings. The first-order chi connectivity index (χ1) is 33.0. The number of rotatable bonds is 58. The molecular weight excluding hydrogens is 827 g/mol. The highest BCUT2D eigenvalue weighted by atomic mass is 16.5. The van der Waals surface area contributed by atoms with Gasteiger partial charge in [-0.15, -0.1) is 0 Å². The summed E-state index contributed by atoms with van der Waals surface area (Å²) in [5, 5.41) is 23.2. The second-order valence-electron chi connectivity index (χ2n) is 21.4. The Labute approximate surface area is 419 Å². The molecule has 0 aliphatic heterocycles. The van der Waals surface area contributed by atoms with E-state index >= 15 is 0 Å². The predicted octanol–water partition coefficient (Wildman–Crippen LogP) is 19.1. The number of esters is 1.